The van der Waals surface area contributed by atoms with Crippen LogP contribution in [0, 0.1) is 11.6 Å². The number of carbonyl (C=O) groups is 2. The molecule has 0 aliphatic carbocycles. The van der Waals surface area contributed by atoms with E-state index in [-0.39, 0.29) is 36.6 Å². The van der Waals surface area contributed by atoms with Gasteiger partial charge in [-0.25, -0.2) is 34.2 Å². The minimum atomic E-state index is -1.14. The fraction of sp³-hybridized carbons (Fsp3) is 0.404. The van der Waals surface area contributed by atoms with Crippen LogP contribution in [0.3, 0.4) is 0 Å². The van der Waals surface area contributed by atoms with Gasteiger partial charge < -0.3 is 37.7 Å². The summed E-state index contributed by atoms with van der Waals surface area (Å²) in [5.41, 5.74) is 5.47. The minimum Gasteiger partial charge on any atom is -0.501 e. The molecule has 2 aromatic carbocycles. The van der Waals surface area contributed by atoms with Gasteiger partial charge in [0.15, 0.2) is 18.2 Å². The summed E-state index contributed by atoms with van der Waals surface area (Å²) in [5, 5.41) is 5.69. The van der Waals surface area contributed by atoms with Crippen molar-refractivity contribution in [2.45, 2.75) is 90.6 Å². The fourth-order valence-electron chi connectivity index (χ4n) is 6.73. The minimum absolute atomic E-state index is 0.0847. The predicted molar refractivity (Wildman–Crippen MR) is 280 cm³/mol. The lowest BCUT2D eigenvalue weighted by molar-refractivity contribution is -0.0510. The SMILES string of the molecule is CCCCO/C=C/c1c(C(=O)OC)ncc2c1ccn2Cc1ccc(F)cc1.COC(=O)c1ncc2c(ccn2Cc2ccc(F)cc2)c1C/C=N/OCOCC[Si](C)(C)C.C[Si](C)(C)CCOCON. The van der Waals surface area contributed by atoms with Gasteiger partial charge in [0.1, 0.15) is 11.6 Å². The summed E-state index contributed by atoms with van der Waals surface area (Å²) in [6.07, 6.45) is 14.4. The monoisotopic (exact) mass is 1020 g/mol. The third kappa shape index (κ3) is 19.6. The summed E-state index contributed by atoms with van der Waals surface area (Å²) in [7, 11) is 0.592. The number of esters is 2. The Hall–Kier alpha value is -6.10. The van der Waals surface area contributed by atoms with Gasteiger partial charge in [0.25, 0.3) is 0 Å². The van der Waals surface area contributed by atoms with Crippen molar-refractivity contribution >= 4 is 62.2 Å². The molecule has 0 aliphatic heterocycles. The second-order valence-corrected chi connectivity index (χ2v) is 30.1. The molecule has 71 heavy (non-hydrogen) atoms. The van der Waals surface area contributed by atoms with Gasteiger partial charge >= 0.3 is 11.9 Å². The van der Waals surface area contributed by atoms with Gasteiger partial charge in [-0.15, -0.1) is 0 Å². The molecule has 4 aromatic heterocycles. The molecule has 0 atom stereocenters. The summed E-state index contributed by atoms with van der Waals surface area (Å²) in [4.78, 5) is 42.5. The Morgan fingerprint density at radius 1 is 0.704 bits per heavy atom. The van der Waals surface area contributed by atoms with Crippen molar-refractivity contribution < 1.29 is 51.7 Å². The standard InChI is InChI=1S/C24H30FN3O4Si.C22H23FN2O3.C6H17NO2Si/c1-30-24(29)23-21(9-11-27-32-17-31-13-14-33(2,3)4)20-10-12-28(22(20)15-26-23)16-18-5-7-19(25)8-6-18;1-3-4-12-28-13-10-19-18-9-11-25(15-16-5-7-17(23)8-6-16)20(18)14-24-21(19)22(26)27-2;1-10(2,3)5-4-8-6-9-7/h5-8,10-12,15H,9,13-14,16-17H2,1-4H3;5-11,13-14H,3-4,12,15H2,1-2H3;4-7H2,1-3H3/b27-11+;13-10+;. The van der Waals surface area contributed by atoms with Crippen LogP contribution in [0.5, 0.6) is 0 Å². The number of hydrogen-bond acceptors (Lipinski definition) is 13. The van der Waals surface area contributed by atoms with E-state index in [2.05, 4.69) is 66.2 Å². The molecule has 0 spiro atoms. The Kier molecular flexibility index (Phi) is 23.7. The maximum Gasteiger partial charge on any atom is 0.357 e. The molecule has 4 heterocycles. The number of oxime groups is 1. The number of rotatable bonds is 24. The summed E-state index contributed by atoms with van der Waals surface area (Å²) >= 11 is 0. The van der Waals surface area contributed by atoms with E-state index in [1.807, 2.05) is 33.7 Å². The molecule has 0 unspecified atom stereocenters. The van der Waals surface area contributed by atoms with Crippen LogP contribution in [-0.2, 0) is 52.9 Å². The Labute approximate surface area is 417 Å². The highest BCUT2D eigenvalue weighted by Crippen LogP contribution is 2.26. The number of methoxy groups -OCH3 is 2. The van der Waals surface area contributed by atoms with Crippen LogP contribution in [0.25, 0.3) is 27.9 Å². The molecule has 6 aromatic rings. The van der Waals surface area contributed by atoms with E-state index in [1.54, 1.807) is 55.2 Å². The Balaban J connectivity index is 0.000000261. The van der Waals surface area contributed by atoms with Crippen molar-refractivity contribution in [2.75, 3.05) is 47.6 Å². The molecule has 0 saturated carbocycles. The zero-order valence-corrected chi connectivity index (χ0v) is 44.5. The number of carbonyl (C=O) groups excluding carboxylic acids is 2. The molecule has 19 heteroatoms. The van der Waals surface area contributed by atoms with Crippen LogP contribution in [0.1, 0.15) is 63.0 Å². The van der Waals surface area contributed by atoms with E-state index >= 15 is 0 Å². The lowest BCUT2D eigenvalue weighted by atomic mass is 10.1. The summed E-state index contributed by atoms with van der Waals surface area (Å²) in [6.45, 7) is 19.3. The topological polar surface area (TPSA) is 173 Å². The maximum absolute atomic E-state index is 13.2. The lowest BCUT2D eigenvalue weighted by Crippen LogP contribution is -2.22. The average Bonchev–Trinajstić information content (AvgIpc) is 3.95. The maximum atomic E-state index is 13.2. The van der Waals surface area contributed by atoms with Crippen LogP contribution in [-0.4, -0.2) is 101 Å². The van der Waals surface area contributed by atoms with E-state index < -0.39 is 28.1 Å². The van der Waals surface area contributed by atoms with Gasteiger partial charge in [-0.1, -0.05) is 82.0 Å². The predicted octanol–water partition coefficient (Wildman–Crippen LogP) is 10.9. The van der Waals surface area contributed by atoms with Gasteiger partial charge in [0.2, 0.25) is 6.79 Å². The van der Waals surface area contributed by atoms with Crippen LogP contribution in [0.2, 0.25) is 51.4 Å². The normalized spacial score (nSPS) is 11.7. The Morgan fingerprint density at radius 2 is 1.21 bits per heavy atom. The quantitative estimate of drug-likeness (QED) is 0.0116. The van der Waals surface area contributed by atoms with Crippen molar-refractivity contribution in [1.29, 1.82) is 0 Å². The molecule has 0 radical (unpaired) electrons. The number of ether oxygens (including phenoxy) is 5. The molecular weight excluding hydrogens is 947 g/mol. The highest BCUT2D eigenvalue weighted by molar-refractivity contribution is 6.76. The third-order valence-corrected chi connectivity index (χ3v) is 14.2. The van der Waals surface area contributed by atoms with E-state index in [0.717, 1.165) is 64.5 Å². The van der Waals surface area contributed by atoms with Gasteiger partial charge in [0, 0.05) is 89.4 Å². The molecule has 2 N–H and O–H groups in total. The first-order valence-corrected chi connectivity index (χ1v) is 30.9. The molecule has 0 fully saturated rings. The highest BCUT2D eigenvalue weighted by atomic mass is 28.3. The van der Waals surface area contributed by atoms with Crippen molar-refractivity contribution in [1.82, 2.24) is 19.1 Å². The van der Waals surface area contributed by atoms with Gasteiger partial charge in [-0.05, 0) is 72.1 Å². The summed E-state index contributed by atoms with van der Waals surface area (Å²) in [6, 6.07) is 18.8. The van der Waals surface area contributed by atoms with Crippen LogP contribution in [0.4, 0.5) is 8.78 Å². The Bertz CT molecular complexity index is 2630. The highest BCUT2D eigenvalue weighted by Gasteiger charge is 2.20. The average molecular weight is 1020 g/mol. The second-order valence-electron chi connectivity index (χ2n) is 18.8. The summed E-state index contributed by atoms with van der Waals surface area (Å²) < 4.78 is 56.1. The van der Waals surface area contributed by atoms with E-state index in [9.17, 15) is 18.4 Å². The smallest absolute Gasteiger partial charge is 0.357 e. The molecular formula is C52H70F2N6O9Si2. The zero-order valence-electron chi connectivity index (χ0n) is 42.5. The van der Waals surface area contributed by atoms with Crippen molar-refractivity contribution in [3.63, 3.8) is 0 Å². The molecule has 384 valence electrons. The molecule has 0 saturated heterocycles. The largest absolute Gasteiger partial charge is 0.501 e. The number of aromatic nitrogens is 4. The number of hydrogen-bond donors (Lipinski definition) is 1. The van der Waals surface area contributed by atoms with Crippen LogP contribution in [0.15, 0.2) is 96.9 Å². The van der Waals surface area contributed by atoms with Crippen LogP contribution >= 0.6 is 0 Å². The molecule has 15 nitrogen and oxygen atoms in total. The second kappa shape index (κ2) is 29.3. The van der Waals surface area contributed by atoms with E-state index in [4.69, 9.17) is 34.4 Å². The first-order chi connectivity index (χ1) is 34.0. The van der Waals surface area contributed by atoms with Gasteiger partial charge in [0.05, 0.1) is 50.5 Å². The summed E-state index contributed by atoms with van der Waals surface area (Å²) in [5.74, 6) is 3.22. The lowest BCUT2D eigenvalue weighted by Gasteiger charge is -2.14. The van der Waals surface area contributed by atoms with Crippen molar-refractivity contribution in [3.05, 3.63) is 137 Å². The first kappa shape index (κ1) is 57.5. The van der Waals surface area contributed by atoms with E-state index in [1.165, 1.54) is 38.5 Å². The number of nitrogens with zero attached hydrogens (tertiary/aromatic N) is 5. The first-order valence-electron chi connectivity index (χ1n) is 23.5. The number of unbranched alkanes of at least 4 members (excludes halogenated alkanes) is 1. The third-order valence-electron chi connectivity index (χ3n) is 10.8. The van der Waals surface area contributed by atoms with Gasteiger partial charge in [-0.3, -0.25) is 4.84 Å². The van der Waals surface area contributed by atoms with E-state index in [0.29, 0.717) is 43.9 Å². The fourth-order valence-corrected chi connectivity index (χ4v) is 8.25. The van der Waals surface area contributed by atoms with Gasteiger partial charge in [-0.2, -0.15) is 0 Å². The molecule has 0 aliphatic rings. The number of halogens is 2. The molecule has 0 bridgehead atoms. The number of nitrogens with two attached hydrogens (primary N) is 1. The van der Waals surface area contributed by atoms with Crippen molar-refractivity contribution in [3.8, 4) is 0 Å². The molecule has 0 amide bonds. The van der Waals surface area contributed by atoms with Crippen LogP contribution < -0.4 is 5.90 Å². The molecule has 6 rings (SSSR count). The van der Waals surface area contributed by atoms with Crippen molar-refractivity contribution in [2.24, 2.45) is 11.1 Å². The number of benzene rings is 2. The zero-order chi connectivity index (χ0) is 51.8. The number of fused-ring (bicyclic) bond motifs is 2. The number of pyridine rings is 2. The Morgan fingerprint density at radius 3 is 1.73 bits per heavy atom.